The van der Waals surface area contributed by atoms with Crippen LogP contribution in [-0.2, 0) is 9.05 Å². The summed E-state index contributed by atoms with van der Waals surface area (Å²) in [6, 6.07) is 2.86. The lowest BCUT2D eigenvalue weighted by Gasteiger charge is -2.02. The normalized spacial score (nSPS) is 11.7. The molecule has 0 heterocycles. The van der Waals surface area contributed by atoms with E-state index in [9.17, 15) is 8.42 Å². The second kappa shape index (κ2) is 4.18. The molecule has 1 rings (SSSR count). The van der Waals surface area contributed by atoms with Crippen molar-refractivity contribution in [1.82, 2.24) is 0 Å². The summed E-state index contributed by atoms with van der Waals surface area (Å²) < 4.78 is 23.9. The molecule has 0 unspecified atom stereocenters. The molecule has 0 aliphatic rings. The zero-order valence-corrected chi connectivity index (χ0v) is 12.2. The largest absolute Gasteiger partial charge is 0.261 e. The maximum atomic E-state index is 11.0. The van der Waals surface area contributed by atoms with E-state index < -0.39 is 9.05 Å². The molecule has 13 heavy (non-hydrogen) atoms. The van der Waals surface area contributed by atoms with Gasteiger partial charge < -0.3 is 0 Å². The van der Waals surface area contributed by atoms with Crippen LogP contribution in [0.15, 0.2) is 30.4 Å². The van der Waals surface area contributed by atoms with E-state index in [0.29, 0.717) is 8.95 Å². The molecular weight excluding hydrogens is 411 g/mol. The van der Waals surface area contributed by atoms with E-state index in [1.165, 1.54) is 12.1 Å². The zero-order valence-electron chi connectivity index (χ0n) is 5.89. The maximum absolute atomic E-state index is 11.0. The van der Waals surface area contributed by atoms with Crippen molar-refractivity contribution in [1.29, 1.82) is 0 Å². The van der Waals surface area contributed by atoms with Gasteiger partial charge in [0.25, 0.3) is 9.05 Å². The molecule has 0 aliphatic heterocycles. The highest BCUT2D eigenvalue weighted by atomic mass is 79.9. The predicted molar refractivity (Wildman–Crippen MR) is 62.6 cm³/mol. The highest BCUT2D eigenvalue weighted by Gasteiger charge is 2.13. The first kappa shape index (κ1) is 12.0. The Morgan fingerprint density at radius 3 is 1.77 bits per heavy atom. The van der Waals surface area contributed by atoms with E-state index in [1.807, 2.05) is 0 Å². The van der Waals surface area contributed by atoms with Crippen molar-refractivity contribution in [2.75, 3.05) is 0 Å². The van der Waals surface area contributed by atoms with E-state index in [1.54, 1.807) is 0 Å². The Bertz CT molecular complexity index is 420. The van der Waals surface area contributed by atoms with Gasteiger partial charge in [0.1, 0.15) is 0 Å². The lowest BCUT2D eigenvalue weighted by molar-refractivity contribution is 0.609. The zero-order chi connectivity index (χ0) is 10.2. The fourth-order valence-corrected chi connectivity index (χ4v) is 3.18. The van der Waals surface area contributed by atoms with Crippen LogP contribution in [0.2, 0.25) is 0 Å². The van der Waals surface area contributed by atoms with E-state index in [4.69, 9.17) is 10.7 Å². The number of hydrogen-bond acceptors (Lipinski definition) is 2. The number of rotatable bonds is 1. The van der Waals surface area contributed by atoms with E-state index in [2.05, 4.69) is 47.8 Å². The van der Waals surface area contributed by atoms with E-state index >= 15 is 0 Å². The Hall–Kier alpha value is 0.900. The molecule has 1 aromatic carbocycles. The van der Waals surface area contributed by atoms with Crippen LogP contribution in [0.1, 0.15) is 0 Å². The number of halogens is 4. The lowest BCUT2D eigenvalue weighted by Crippen LogP contribution is -1.91. The molecule has 0 spiro atoms. The maximum Gasteiger partial charge on any atom is 0.261 e. The summed E-state index contributed by atoms with van der Waals surface area (Å²) in [5.74, 6) is 0. The van der Waals surface area contributed by atoms with Crippen LogP contribution < -0.4 is 0 Å². The average molecular weight is 413 g/mol. The minimum absolute atomic E-state index is 0.0520. The predicted octanol–water partition coefficient (Wildman–Crippen LogP) is 3.90. The van der Waals surface area contributed by atoms with Crippen molar-refractivity contribution >= 4 is 67.5 Å². The summed E-state index contributed by atoms with van der Waals surface area (Å²) >= 11 is 9.63. The van der Waals surface area contributed by atoms with Gasteiger partial charge in [-0.05, 0) is 59.9 Å². The molecule has 2 nitrogen and oxygen atoms in total. The average Bonchev–Trinajstić information content (AvgIpc) is 1.97. The van der Waals surface area contributed by atoms with Crippen LogP contribution in [-0.4, -0.2) is 8.42 Å². The summed E-state index contributed by atoms with van der Waals surface area (Å²) in [6.45, 7) is 0. The van der Waals surface area contributed by atoms with E-state index in [-0.39, 0.29) is 4.90 Å². The monoisotopic (exact) mass is 410 g/mol. The van der Waals surface area contributed by atoms with Crippen LogP contribution in [0.4, 0.5) is 0 Å². The molecule has 0 bridgehead atoms. The second-order valence-electron chi connectivity index (χ2n) is 2.14. The van der Waals surface area contributed by atoms with Gasteiger partial charge in [-0.2, -0.15) is 0 Å². The molecule has 0 fully saturated rings. The first-order valence-corrected chi connectivity index (χ1v) is 7.60. The van der Waals surface area contributed by atoms with Crippen LogP contribution in [0.25, 0.3) is 0 Å². The first-order chi connectivity index (χ1) is 5.82. The third-order valence-corrected chi connectivity index (χ3v) is 5.74. The van der Waals surface area contributed by atoms with Gasteiger partial charge in [0.15, 0.2) is 0 Å². The highest BCUT2D eigenvalue weighted by molar-refractivity contribution is 9.14. The molecule has 1 aromatic rings. The van der Waals surface area contributed by atoms with Crippen LogP contribution >= 0.6 is 58.5 Å². The first-order valence-electron chi connectivity index (χ1n) is 2.91. The van der Waals surface area contributed by atoms with Gasteiger partial charge in [0.2, 0.25) is 0 Å². The fourth-order valence-electron chi connectivity index (χ4n) is 0.673. The summed E-state index contributed by atoms with van der Waals surface area (Å²) in [5, 5.41) is 0. The molecule has 0 aromatic heterocycles. The second-order valence-corrected chi connectivity index (χ2v) is 7.21. The van der Waals surface area contributed by atoms with Gasteiger partial charge in [-0.1, -0.05) is 0 Å². The Balaban J connectivity index is 3.47. The summed E-state index contributed by atoms with van der Waals surface area (Å²) in [6.07, 6.45) is 0. The van der Waals surface area contributed by atoms with E-state index in [0.717, 1.165) is 4.47 Å². The Labute approximate surface area is 105 Å². The Morgan fingerprint density at radius 1 is 1.08 bits per heavy atom. The molecule has 0 saturated heterocycles. The SMILES string of the molecule is O=S(=O)(Cl)c1cc(Br)c(Br)c(Br)c1. The van der Waals surface area contributed by atoms with Gasteiger partial charge in [-0.3, -0.25) is 0 Å². The molecule has 0 amide bonds. The van der Waals surface area contributed by atoms with Crippen molar-refractivity contribution in [2.45, 2.75) is 4.90 Å². The molecule has 0 radical (unpaired) electrons. The van der Waals surface area contributed by atoms with Gasteiger partial charge in [0.05, 0.1) is 4.90 Å². The van der Waals surface area contributed by atoms with Gasteiger partial charge >= 0.3 is 0 Å². The van der Waals surface area contributed by atoms with Gasteiger partial charge in [-0.25, -0.2) is 8.42 Å². The van der Waals surface area contributed by atoms with Crippen molar-refractivity contribution in [3.8, 4) is 0 Å². The van der Waals surface area contributed by atoms with Crippen LogP contribution in [0, 0.1) is 0 Å². The molecular formula is C6H2Br3ClO2S. The van der Waals surface area contributed by atoms with Crippen molar-refractivity contribution in [2.24, 2.45) is 0 Å². The molecule has 0 saturated carbocycles. The highest BCUT2D eigenvalue weighted by Crippen LogP contribution is 2.34. The van der Waals surface area contributed by atoms with Crippen molar-refractivity contribution < 1.29 is 8.42 Å². The van der Waals surface area contributed by atoms with Gasteiger partial charge in [-0.15, -0.1) is 0 Å². The molecule has 0 N–H and O–H groups in total. The van der Waals surface area contributed by atoms with Crippen molar-refractivity contribution in [3.05, 3.63) is 25.6 Å². The molecule has 7 heteroatoms. The quantitative estimate of drug-likeness (QED) is 0.517. The third kappa shape index (κ3) is 2.92. The molecule has 0 aliphatic carbocycles. The Kier molecular flexibility index (Phi) is 3.85. The van der Waals surface area contributed by atoms with Crippen LogP contribution in [0.3, 0.4) is 0 Å². The molecule has 0 atom stereocenters. The standard InChI is InChI=1S/C6H2Br3ClO2S/c7-4-1-3(13(10,11)12)2-5(8)6(4)9/h1-2H. The summed E-state index contributed by atoms with van der Waals surface area (Å²) in [7, 11) is 1.50. The smallest absolute Gasteiger partial charge is 0.207 e. The minimum atomic E-state index is -3.67. The van der Waals surface area contributed by atoms with Crippen LogP contribution in [0.5, 0.6) is 0 Å². The topological polar surface area (TPSA) is 34.1 Å². The summed E-state index contributed by atoms with van der Waals surface area (Å²) in [4.78, 5) is 0.0520. The number of hydrogen-bond donors (Lipinski definition) is 0. The Morgan fingerprint density at radius 2 is 1.46 bits per heavy atom. The third-order valence-electron chi connectivity index (χ3n) is 1.24. The fraction of sp³-hybridized carbons (Fsp3) is 0. The summed E-state index contributed by atoms with van der Waals surface area (Å²) in [5.41, 5.74) is 0. The van der Waals surface area contributed by atoms with Gasteiger partial charge in [0, 0.05) is 24.1 Å². The van der Waals surface area contributed by atoms with Crippen molar-refractivity contribution in [3.63, 3.8) is 0 Å². The lowest BCUT2D eigenvalue weighted by atomic mass is 10.4. The minimum Gasteiger partial charge on any atom is -0.207 e. The number of benzene rings is 1. The molecule has 72 valence electrons.